The normalized spacial score (nSPS) is 11.0. The fourth-order valence-electron chi connectivity index (χ4n) is 3.13. The molecule has 6 heteroatoms. The number of aryl methyl sites for hydroxylation is 1. The van der Waals surface area contributed by atoms with Gasteiger partial charge in [-0.1, -0.05) is 47.5 Å². The molecular weight excluding hydrogens is 407 g/mol. The number of aromatic nitrogens is 2. The molecule has 29 heavy (non-hydrogen) atoms. The first kappa shape index (κ1) is 19.6. The second-order valence-electron chi connectivity index (χ2n) is 6.54. The molecule has 0 aliphatic carbocycles. The summed E-state index contributed by atoms with van der Waals surface area (Å²) in [4.78, 5) is 4.75. The molecule has 0 bridgehead atoms. The molecule has 0 unspecified atom stereocenters. The second kappa shape index (κ2) is 9.21. The van der Waals surface area contributed by atoms with E-state index in [9.17, 15) is 0 Å². The van der Waals surface area contributed by atoms with Crippen LogP contribution in [-0.2, 0) is 13.2 Å². The van der Waals surface area contributed by atoms with E-state index in [2.05, 4.69) is 10.6 Å². The van der Waals surface area contributed by atoms with Gasteiger partial charge in [0, 0.05) is 11.6 Å². The van der Waals surface area contributed by atoms with Crippen LogP contribution in [-0.4, -0.2) is 16.2 Å². The van der Waals surface area contributed by atoms with Gasteiger partial charge in [-0.3, -0.25) is 0 Å². The molecule has 0 spiro atoms. The summed E-state index contributed by atoms with van der Waals surface area (Å²) in [5, 5.41) is 1.31. The Morgan fingerprint density at radius 2 is 1.59 bits per heavy atom. The van der Waals surface area contributed by atoms with Gasteiger partial charge in [-0.15, -0.1) is 0 Å². The van der Waals surface area contributed by atoms with Crippen molar-refractivity contribution in [2.75, 3.05) is 6.61 Å². The van der Waals surface area contributed by atoms with Crippen LogP contribution >= 0.6 is 23.2 Å². The average molecular weight is 427 g/mol. The molecule has 0 radical (unpaired) electrons. The number of halogens is 2. The van der Waals surface area contributed by atoms with E-state index in [0.717, 1.165) is 35.6 Å². The molecule has 0 N–H and O–H groups in total. The van der Waals surface area contributed by atoms with Crippen molar-refractivity contribution >= 4 is 34.2 Å². The van der Waals surface area contributed by atoms with Crippen molar-refractivity contribution in [3.63, 3.8) is 0 Å². The number of rotatable bonds is 8. The fraction of sp³-hybridized carbons (Fsp3) is 0.174. The topological polar surface area (TPSA) is 36.3 Å². The molecule has 3 aromatic carbocycles. The van der Waals surface area contributed by atoms with Crippen molar-refractivity contribution in [2.24, 2.45) is 0 Å². The number of hydrogen-bond acceptors (Lipinski definition) is 3. The van der Waals surface area contributed by atoms with Crippen LogP contribution in [0.15, 0.2) is 72.8 Å². The number of benzene rings is 3. The van der Waals surface area contributed by atoms with Gasteiger partial charge in [0.1, 0.15) is 23.9 Å². The Kier molecular flexibility index (Phi) is 6.23. The van der Waals surface area contributed by atoms with Crippen molar-refractivity contribution in [2.45, 2.75) is 19.6 Å². The molecule has 0 amide bonds. The number of ether oxygens (including phenoxy) is 2. The minimum atomic E-state index is 0.377. The Morgan fingerprint density at radius 3 is 2.41 bits per heavy atom. The quantitative estimate of drug-likeness (QED) is 0.306. The number of fused-ring (bicyclic) bond motifs is 1. The van der Waals surface area contributed by atoms with E-state index in [0.29, 0.717) is 29.0 Å². The smallest absolute Gasteiger partial charge is 0.147 e. The van der Waals surface area contributed by atoms with Crippen LogP contribution in [0.25, 0.3) is 11.0 Å². The molecule has 148 valence electrons. The Morgan fingerprint density at radius 1 is 0.828 bits per heavy atom. The summed E-state index contributed by atoms with van der Waals surface area (Å²) in [7, 11) is 0. The zero-order valence-corrected chi connectivity index (χ0v) is 17.2. The summed E-state index contributed by atoms with van der Waals surface area (Å²) in [5.41, 5.74) is 2.04. The van der Waals surface area contributed by atoms with E-state index in [1.54, 1.807) is 0 Å². The number of hydrogen-bond donors (Lipinski definition) is 0. The molecule has 0 aliphatic heterocycles. The largest absolute Gasteiger partial charge is 0.492 e. The zero-order chi connectivity index (χ0) is 20.1. The van der Waals surface area contributed by atoms with Gasteiger partial charge in [0.2, 0.25) is 0 Å². The van der Waals surface area contributed by atoms with Gasteiger partial charge in [-0.2, -0.15) is 0 Å². The van der Waals surface area contributed by atoms with Crippen LogP contribution in [0.5, 0.6) is 11.5 Å². The minimum Gasteiger partial charge on any atom is -0.492 e. The highest BCUT2D eigenvalue weighted by Gasteiger charge is 2.11. The lowest BCUT2D eigenvalue weighted by Crippen LogP contribution is -2.10. The van der Waals surface area contributed by atoms with Gasteiger partial charge < -0.3 is 14.0 Å². The van der Waals surface area contributed by atoms with E-state index < -0.39 is 0 Å². The van der Waals surface area contributed by atoms with Crippen LogP contribution in [0.3, 0.4) is 0 Å². The Bertz CT molecular complexity index is 1090. The third-order valence-corrected chi connectivity index (χ3v) is 5.10. The summed E-state index contributed by atoms with van der Waals surface area (Å²) >= 11 is 12.1. The lowest BCUT2D eigenvalue weighted by molar-refractivity contribution is 0.280. The molecule has 0 atom stereocenters. The number of nitrogens with zero attached hydrogens (tertiary/aromatic N) is 2. The molecule has 1 aromatic heterocycles. The SMILES string of the molecule is Clc1ccc(OCc2nc3ccccc3n2CCCOc2ccccc2Cl)cc1. The van der Waals surface area contributed by atoms with Crippen molar-refractivity contribution in [1.29, 1.82) is 0 Å². The van der Waals surface area contributed by atoms with E-state index in [4.69, 9.17) is 37.7 Å². The molecule has 4 rings (SSSR count). The maximum Gasteiger partial charge on any atom is 0.147 e. The van der Waals surface area contributed by atoms with Gasteiger partial charge in [-0.05, 0) is 55.0 Å². The summed E-state index contributed by atoms with van der Waals surface area (Å²) in [5.74, 6) is 2.34. The summed E-state index contributed by atoms with van der Waals surface area (Å²) < 4.78 is 13.9. The molecule has 4 aromatic rings. The van der Waals surface area contributed by atoms with Gasteiger partial charge in [0.25, 0.3) is 0 Å². The second-order valence-corrected chi connectivity index (χ2v) is 7.39. The standard InChI is InChI=1S/C23H20Cl2N2O2/c24-17-10-12-18(13-11-17)29-16-23-26-20-7-2-3-8-21(20)27(23)14-5-15-28-22-9-4-1-6-19(22)25/h1-4,6-13H,5,14-16H2. The first-order chi connectivity index (χ1) is 14.2. The van der Waals surface area contributed by atoms with E-state index in [1.807, 2.05) is 66.7 Å². The van der Waals surface area contributed by atoms with Crippen LogP contribution in [0.2, 0.25) is 10.0 Å². The molecular formula is C23H20Cl2N2O2. The summed E-state index contributed by atoms with van der Waals surface area (Å²) in [6, 6.07) is 22.9. The van der Waals surface area contributed by atoms with Crippen LogP contribution in [0.1, 0.15) is 12.2 Å². The maximum atomic E-state index is 6.15. The predicted molar refractivity (Wildman–Crippen MR) is 117 cm³/mol. The van der Waals surface area contributed by atoms with Crippen molar-refractivity contribution in [3.05, 3.63) is 88.7 Å². The highest BCUT2D eigenvalue weighted by atomic mass is 35.5. The summed E-state index contributed by atoms with van der Waals surface area (Å²) in [6.45, 7) is 1.71. The van der Waals surface area contributed by atoms with Crippen molar-refractivity contribution in [3.8, 4) is 11.5 Å². The lowest BCUT2D eigenvalue weighted by Gasteiger charge is -2.12. The fourth-order valence-corrected chi connectivity index (χ4v) is 3.45. The average Bonchev–Trinajstić information content (AvgIpc) is 3.09. The Hall–Kier alpha value is -2.69. The van der Waals surface area contributed by atoms with Gasteiger partial charge in [-0.25, -0.2) is 4.98 Å². The van der Waals surface area contributed by atoms with Crippen LogP contribution in [0, 0.1) is 0 Å². The Labute approximate surface area is 179 Å². The number of imidazole rings is 1. The molecule has 4 nitrogen and oxygen atoms in total. The molecule has 0 saturated carbocycles. The molecule has 1 heterocycles. The molecule has 0 saturated heterocycles. The van der Waals surface area contributed by atoms with Crippen molar-refractivity contribution < 1.29 is 9.47 Å². The van der Waals surface area contributed by atoms with Crippen LogP contribution < -0.4 is 9.47 Å². The van der Waals surface area contributed by atoms with Gasteiger partial charge in [0.15, 0.2) is 0 Å². The first-order valence-corrected chi connectivity index (χ1v) is 10.2. The molecule has 0 aliphatic rings. The third-order valence-electron chi connectivity index (χ3n) is 4.54. The predicted octanol–water partition coefficient (Wildman–Crippen LogP) is 6.39. The lowest BCUT2D eigenvalue weighted by atomic mass is 10.3. The van der Waals surface area contributed by atoms with Crippen LogP contribution in [0.4, 0.5) is 0 Å². The maximum absolute atomic E-state index is 6.15. The third kappa shape index (κ3) is 4.84. The van der Waals surface area contributed by atoms with Crippen molar-refractivity contribution in [1.82, 2.24) is 9.55 Å². The van der Waals surface area contributed by atoms with Gasteiger partial charge in [0.05, 0.1) is 22.7 Å². The monoisotopic (exact) mass is 426 g/mol. The van der Waals surface area contributed by atoms with E-state index in [1.165, 1.54) is 0 Å². The van der Waals surface area contributed by atoms with E-state index >= 15 is 0 Å². The first-order valence-electron chi connectivity index (χ1n) is 9.40. The summed E-state index contributed by atoms with van der Waals surface area (Å²) in [6.07, 6.45) is 0.819. The highest BCUT2D eigenvalue weighted by molar-refractivity contribution is 6.32. The van der Waals surface area contributed by atoms with E-state index in [-0.39, 0.29) is 0 Å². The zero-order valence-electron chi connectivity index (χ0n) is 15.7. The number of para-hydroxylation sites is 3. The minimum absolute atomic E-state index is 0.377. The highest BCUT2D eigenvalue weighted by Crippen LogP contribution is 2.24. The molecule has 0 fully saturated rings. The Balaban J connectivity index is 1.44. The van der Waals surface area contributed by atoms with Gasteiger partial charge >= 0.3 is 0 Å².